The predicted molar refractivity (Wildman–Crippen MR) is 91.6 cm³/mol. The fourth-order valence-electron chi connectivity index (χ4n) is 2.06. The molecule has 22 heavy (non-hydrogen) atoms. The molecule has 1 unspecified atom stereocenters. The van der Waals surface area contributed by atoms with E-state index in [0.29, 0.717) is 13.2 Å². The van der Waals surface area contributed by atoms with E-state index in [1.54, 1.807) is 0 Å². The molecule has 2 nitrogen and oxygen atoms in total. The monoisotopic (exact) mass is 318 g/mol. The Labute approximate surface area is 138 Å². The van der Waals surface area contributed by atoms with Crippen molar-refractivity contribution in [2.75, 3.05) is 6.61 Å². The highest BCUT2D eigenvalue weighted by Crippen LogP contribution is 2.21. The summed E-state index contributed by atoms with van der Waals surface area (Å²) in [6, 6.07) is 16.4. The smallest absolute Gasteiger partial charge is 0.119 e. The largest absolute Gasteiger partial charge is 0.489 e. The van der Waals surface area contributed by atoms with E-state index in [-0.39, 0.29) is 11.5 Å². The fourth-order valence-corrected chi connectivity index (χ4v) is 2.13. The number of ether oxygens (including phenoxy) is 2. The molecule has 0 N–H and O–H groups in total. The summed E-state index contributed by atoms with van der Waals surface area (Å²) in [5.74, 6) is 0.863. The first-order chi connectivity index (χ1) is 10.5. The zero-order chi connectivity index (χ0) is 15.9. The van der Waals surface area contributed by atoms with Crippen molar-refractivity contribution in [1.29, 1.82) is 0 Å². The van der Waals surface area contributed by atoms with Gasteiger partial charge in [-0.2, -0.15) is 0 Å². The van der Waals surface area contributed by atoms with Crippen LogP contribution in [0.3, 0.4) is 0 Å². The maximum absolute atomic E-state index is 5.90. The molecule has 2 rings (SSSR count). The second-order valence-corrected chi connectivity index (χ2v) is 6.34. The van der Waals surface area contributed by atoms with Gasteiger partial charge >= 0.3 is 0 Å². The van der Waals surface area contributed by atoms with E-state index in [1.165, 1.54) is 11.1 Å². The zero-order valence-corrected chi connectivity index (χ0v) is 14.1. The van der Waals surface area contributed by atoms with Crippen LogP contribution < -0.4 is 4.74 Å². The van der Waals surface area contributed by atoms with Crippen LogP contribution in [-0.4, -0.2) is 12.0 Å². The summed E-state index contributed by atoms with van der Waals surface area (Å²) in [5.41, 5.74) is 3.55. The van der Waals surface area contributed by atoms with Gasteiger partial charge < -0.3 is 9.47 Å². The van der Waals surface area contributed by atoms with Gasteiger partial charge in [-0.1, -0.05) is 42.0 Å². The second kappa shape index (κ2) is 8.21. The topological polar surface area (TPSA) is 18.5 Å². The summed E-state index contributed by atoms with van der Waals surface area (Å²) in [7, 11) is 0. The molecule has 3 heteroatoms. The average Bonchev–Trinajstić information content (AvgIpc) is 2.52. The summed E-state index contributed by atoms with van der Waals surface area (Å²) >= 11 is 5.90. The molecule has 2 aromatic carbocycles. The molecule has 0 aliphatic rings. The van der Waals surface area contributed by atoms with E-state index in [4.69, 9.17) is 21.1 Å². The van der Waals surface area contributed by atoms with Crippen molar-refractivity contribution in [2.45, 2.75) is 38.9 Å². The summed E-state index contributed by atoms with van der Waals surface area (Å²) in [6.07, 6.45) is 0.0346. The fraction of sp³-hybridized carbons (Fsp3) is 0.368. The van der Waals surface area contributed by atoms with Gasteiger partial charge in [-0.3, -0.25) is 0 Å². The number of aryl methyl sites for hydroxylation is 1. The van der Waals surface area contributed by atoms with Crippen molar-refractivity contribution in [1.82, 2.24) is 0 Å². The minimum atomic E-state index is 0.0274. The Balaban J connectivity index is 1.87. The van der Waals surface area contributed by atoms with Crippen LogP contribution in [0.2, 0.25) is 0 Å². The second-order valence-electron chi connectivity index (χ2n) is 5.60. The minimum absolute atomic E-state index is 0.0274. The van der Waals surface area contributed by atoms with Gasteiger partial charge in [0.2, 0.25) is 0 Å². The lowest BCUT2D eigenvalue weighted by Gasteiger charge is -2.15. The lowest BCUT2D eigenvalue weighted by molar-refractivity contribution is 0.0678. The van der Waals surface area contributed by atoms with Gasteiger partial charge in [-0.05, 0) is 44.0 Å². The van der Waals surface area contributed by atoms with E-state index in [9.17, 15) is 0 Å². The standard InChI is InChI=1S/C19H23ClO2/c1-14-4-6-17(7-5-14)13-22-19-10-8-18(9-11-19)16(3)21-12-15(2)20/h4-11,15-16H,12-13H2,1-3H3/t15-,16?/m0/s1. The van der Waals surface area contributed by atoms with E-state index < -0.39 is 0 Å². The Morgan fingerprint density at radius 3 is 2.18 bits per heavy atom. The SMILES string of the molecule is Cc1ccc(COc2ccc(C(C)OC[C@H](C)Cl)cc2)cc1. The highest BCUT2D eigenvalue weighted by Gasteiger charge is 2.07. The molecule has 0 saturated carbocycles. The molecule has 2 atom stereocenters. The van der Waals surface area contributed by atoms with Crippen molar-refractivity contribution in [3.05, 3.63) is 65.2 Å². The summed E-state index contributed by atoms with van der Waals surface area (Å²) < 4.78 is 11.5. The van der Waals surface area contributed by atoms with Gasteiger partial charge in [0.25, 0.3) is 0 Å². The van der Waals surface area contributed by atoms with Crippen LogP contribution in [0.1, 0.15) is 36.6 Å². The molecule has 0 spiro atoms. The summed E-state index contributed by atoms with van der Waals surface area (Å²) in [4.78, 5) is 0. The maximum Gasteiger partial charge on any atom is 0.119 e. The number of benzene rings is 2. The van der Waals surface area contributed by atoms with Crippen molar-refractivity contribution in [2.24, 2.45) is 0 Å². The van der Waals surface area contributed by atoms with Crippen LogP contribution in [0.15, 0.2) is 48.5 Å². The molecule has 0 bridgehead atoms. The molecule has 0 heterocycles. The van der Waals surface area contributed by atoms with E-state index in [0.717, 1.165) is 11.3 Å². The first kappa shape index (κ1) is 16.9. The van der Waals surface area contributed by atoms with Crippen molar-refractivity contribution < 1.29 is 9.47 Å². The Kier molecular flexibility index (Phi) is 6.29. The van der Waals surface area contributed by atoms with Crippen LogP contribution in [0.25, 0.3) is 0 Å². The number of alkyl halides is 1. The third-order valence-electron chi connectivity index (χ3n) is 3.45. The summed E-state index contributed by atoms with van der Waals surface area (Å²) in [5, 5.41) is 0.0274. The molecule has 0 aliphatic heterocycles. The van der Waals surface area contributed by atoms with Gasteiger partial charge in [0.1, 0.15) is 12.4 Å². The third kappa shape index (κ3) is 5.36. The van der Waals surface area contributed by atoms with E-state index >= 15 is 0 Å². The Bertz CT molecular complexity index is 561. The highest BCUT2D eigenvalue weighted by molar-refractivity contribution is 6.20. The maximum atomic E-state index is 5.90. The van der Waals surface area contributed by atoms with Gasteiger partial charge in [0, 0.05) is 0 Å². The molecule has 0 aromatic heterocycles. The Hall–Kier alpha value is -1.51. The number of rotatable bonds is 7. The molecule has 0 radical (unpaired) electrons. The van der Waals surface area contributed by atoms with Crippen LogP contribution in [0.4, 0.5) is 0 Å². The Morgan fingerprint density at radius 2 is 1.59 bits per heavy atom. The first-order valence-electron chi connectivity index (χ1n) is 7.58. The quantitative estimate of drug-likeness (QED) is 0.647. The number of halogens is 1. The molecular formula is C19H23ClO2. The first-order valence-corrected chi connectivity index (χ1v) is 8.02. The zero-order valence-electron chi connectivity index (χ0n) is 13.4. The lowest BCUT2D eigenvalue weighted by atomic mass is 10.1. The molecule has 0 saturated heterocycles. The average molecular weight is 319 g/mol. The third-order valence-corrected chi connectivity index (χ3v) is 3.58. The van der Waals surface area contributed by atoms with Gasteiger partial charge in [0.05, 0.1) is 18.1 Å². The van der Waals surface area contributed by atoms with Crippen LogP contribution in [0.5, 0.6) is 5.75 Å². The van der Waals surface area contributed by atoms with Crippen molar-refractivity contribution in [3.8, 4) is 5.75 Å². The molecule has 0 fully saturated rings. The van der Waals surface area contributed by atoms with Gasteiger partial charge in [-0.25, -0.2) is 0 Å². The van der Waals surface area contributed by atoms with Crippen LogP contribution >= 0.6 is 11.6 Å². The van der Waals surface area contributed by atoms with E-state index in [2.05, 4.69) is 31.2 Å². The molecular weight excluding hydrogens is 296 g/mol. The van der Waals surface area contributed by atoms with Crippen LogP contribution in [-0.2, 0) is 11.3 Å². The van der Waals surface area contributed by atoms with Crippen LogP contribution in [0, 0.1) is 6.92 Å². The molecule has 0 amide bonds. The van der Waals surface area contributed by atoms with Gasteiger partial charge in [-0.15, -0.1) is 11.6 Å². The number of hydrogen-bond donors (Lipinski definition) is 0. The van der Waals surface area contributed by atoms with Crippen molar-refractivity contribution in [3.63, 3.8) is 0 Å². The number of hydrogen-bond acceptors (Lipinski definition) is 2. The predicted octanol–water partition coefficient (Wildman–Crippen LogP) is 5.28. The highest BCUT2D eigenvalue weighted by atomic mass is 35.5. The molecule has 0 aliphatic carbocycles. The molecule has 2 aromatic rings. The van der Waals surface area contributed by atoms with Gasteiger partial charge in [0.15, 0.2) is 0 Å². The normalized spacial score (nSPS) is 13.6. The minimum Gasteiger partial charge on any atom is -0.489 e. The summed E-state index contributed by atoms with van der Waals surface area (Å²) in [6.45, 7) is 7.17. The molecule has 118 valence electrons. The lowest BCUT2D eigenvalue weighted by Crippen LogP contribution is -2.08. The Morgan fingerprint density at radius 1 is 0.955 bits per heavy atom. The van der Waals surface area contributed by atoms with Crippen molar-refractivity contribution >= 4 is 11.6 Å². The van der Waals surface area contributed by atoms with E-state index in [1.807, 2.05) is 38.1 Å².